The summed E-state index contributed by atoms with van der Waals surface area (Å²) in [6.45, 7) is 1.20. The first-order chi connectivity index (χ1) is 11.7. The Morgan fingerprint density at radius 3 is 2.56 bits per heavy atom. The first-order valence-electron chi connectivity index (χ1n) is 8.16. The third-order valence-electron chi connectivity index (χ3n) is 4.63. The molecule has 0 radical (unpaired) electrons. The Hall–Kier alpha value is -2.13. The fourth-order valence-electron chi connectivity index (χ4n) is 3.39. The van der Waals surface area contributed by atoms with Gasteiger partial charge in [0.25, 0.3) is 0 Å². The molecular formula is C15H19F3N4O3. The summed E-state index contributed by atoms with van der Waals surface area (Å²) in [4.78, 5) is 30.8. The molecule has 0 spiro atoms. The van der Waals surface area contributed by atoms with Gasteiger partial charge in [-0.1, -0.05) is 5.16 Å². The Kier molecular flexibility index (Phi) is 4.70. The predicted octanol–water partition coefficient (Wildman–Crippen LogP) is 1.49. The molecule has 0 aliphatic carbocycles. The summed E-state index contributed by atoms with van der Waals surface area (Å²) in [7, 11) is 0. The van der Waals surface area contributed by atoms with Crippen LogP contribution in [0.15, 0.2) is 4.52 Å². The normalized spacial score (nSPS) is 22.7. The van der Waals surface area contributed by atoms with Gasteiger partial charge < -0.3 is 14.3 Å². The highest BCUT2D eigenvalue weighted by Crippen LogP contribution is 2.30. The molecule has 2 saturated heterocycles. The highest BCUT2D eigenvalue weighted by atomic mass is 19.4. The first kappa shape index (κ1) is 17.7. The van der Waals surface area contributed by atoms with E-state index in [4.69, 9.17) is 4.52 Å². The number of hydrogen-bond donors (Lipinski definition) is 0. The van der Waals surface area contributed by atoms with Crippen molar-refractivity contribution in [2.24, 2.45) is 5.92 Å². The molecular weight excluding hydrogens is 341 g/mol. The minimum absolute atomic E-state index is 0.0807. The number of aromatic nitrogens is 2. The zero-order valence-corrected chi connectivity index (χ0v) is 13.8. The summed E-state index contributed by atoms with van der Waals surface area (Å²) in [6, 6.07) is 0. The number of alkyl halides is 3. The van der Waals surface area contributed by atoms with Gasteiger partial charge in [0.2, 0.25) is 17.7 Å². The van der Waals surface area contributed by atoms with E-state index in [-0.39, 0.29) is 24.8 Å². The molecule has 2 fully saturated rings. The molecule has 25 heavy (non-hydrogen) atoms. The third kappa shape index (κ3) is 4.10. The van der Waals surface area contributed by atoms with Gasteiger partial charge in [-0.05, 0) is 19.8 Å². The zero-order valence-electron chi connectivity index (χ0n) is 13.8. The first-order valence-corrected chi connectivity index (χ1v) is 8.16. The monoisotopic (exact) mass is 360 g/mol. The van der Waals surface area contributed by atoms with Crippen LogP contribution in [0.1, 0.15) is 36.9 Å². The van der Waals surface area contributed by atoms with Crippen LogP contribution in [-0.4, -0.2) is 64.1 Å². The van der Waals surface area contributed by atoms with Crippen LogP contribution >= 0.6 is 0 Å². The van der Waals surface area contributed by atoms with Gasteiger partial charge in [-0.25, -0.2) is 0 Å². The second-order valence-corrected chi connectivity index (χ2v) is 6.57. The van der Waals surface area contributed by atoms with Crippen molar-refractivity contribution in [2.75, 3.05) is 26.2 Å². The van der Waals surface area contributed by atoms with E-state index >= 15 is 0 Å². The van der Waals surface area contributed by atoms with Crippen molar-refractivity contribution in [3.63, 3.8) is 0 Å². The molecule has 3 rings (SSSR count). The second kappa shape index (κ2) is 6.64. The van der Waals surface area contributed by atoms with Crippen molar-refractivity contribution < 1.29 is 27.3 Å². The smallest absolute Gasteiger partial charge is 0.342 e. The van der Waals surface area contributed by atoms with Gasteiger partial charge >= 0.3 is 6.18 Å². The maximum Gasteiger partial charge on any atom is 0.406 e. The molecule has 0 saturated carbocycles. The van der Waals surface area contributed by atoms with Crippen LogP contribution in [-0.2, 0) is 9.59 Å². The summed E-state index contributed by atoms with van der Waals surface area (Å²) in [5.74, 6) is -0.376. The number of aryl methyl sites for hydroxylation is 1. The Labute approximate surface area is 142 Å². The van der Waals surface area contributed by atoms with Crippen molar-refractivity contribution >= 4 is 11.8 Å². The van der Waals surface area contributed by atoms with Crippen LogP contribution in [0.2, 0.25) is 0 Å². The zero-order chi connectivity index (χ0) is 18.2. The summed E-state index contributed by atoms with van der Waals surface area (Å²) < 4.78 is 42.5. The standard InChI is InChI=1S/C15H19F3N4O3/c1-9-19-13(25-20-9)10-2-4-21(5-3-10)14(24)11-6-12(23)22(7-11)8-15(16,17)18/h10-11H,2-8H2,1H3/t11-/m0/s1. The fraction of sp³-hybridized carbons (Fsp3) is 0.733. The van der Waals surface area contributed by atoms with Crippen LogP contribution in [0, 0.1) is 12.8 Å². The van der Waals surface area contributed by atoms with E-state index in [1.165, 1.54) is 0 Å². The van der Waals surface area contributed by atoms with Crippen molar-refractivity contribution in [1.29, 1.82) is 0 Å². The number of rotatable bonds is 3. The summed E-state index contributed by atoms with van der Waals surface area (Å²) >= 11 is 0. The number of carbonyl (C=O) groups excluding carboxylic acids is 2. The lowest BCUT2D eigenvalue weighted by Gasteiger charge is -2.32. The Morgan fingerprint density at radius 1 is 1.32 bits per heavy atom. The number of amides is 2. The van der Waals surface area contributed by atoms with Crippen LogP contribution in [0.4, 0.5) is 13.2 Å². The number of halogens is 3. The minimum atomic E-state index is -4.45. The lowest BCUT2D eigenvalue weighted by atomic mass is 9.95. The second-order valence-electron chi connectivity index (χ2n) is 6.57. The highest BCUT2D eigenvalue weighted by Gasteiger charge is 2.42. The van der Waals surface area contributed by atoms with Gasteiger partial charge in [0.1, 0.15) is 6.54 Å². The average molecular weight is 360 g/mol. The van der Waals surface area contributed by atoms with Crippen molar-refractivity contribution in [3.05, 3.63) is 11.7 Å². The SMILES string of the molecule is Cc1noc(C2CCN(C(=O)[C@H]3CC(=O)N(CC(F)(F)F)C3)CC2)n1. The van der Waals surface area contributed by atoms with E-state index in [0.717, 1.165) is 4.90 Å². The summed E-state index contributed by atoms with van der Waals surface area (Å²) in [6.07, 6.45) is -3.30. The molecule has 1 atom stereocenters. The van der Waals surface area contributed by atoms with Gasteiger partial charge in [0, 0.05) is 32.0 Å². The van der Waals surface area contributed by atoms with Gasteiger partial charge in [-0.3, -0.25) is 9.59 Å². The quantitative estimate of drug-likeness (QED) is 0.816. The van der Waals surface area contributed by atoms with E-state index in [1.54, 1.807) is 11.8 Å². The Bertz CT molecular complexity index is 653. The van der Waals surface area contributed by atoms with Gasteiger partial charge in [-0.2, -0.15) is 18.2 Å². The highest BCUT2D eigenvalue weighted by molar-refractivity contribution is 5.89. The lowest BCUT2D eigenvalue weighted by Crippen LogP contribution is -2.42. The summed E-state index contributed by atoms with van der Waals surface area (Å²) in [5, 5.41) is 3.75. The number of nitrogens with zero attached hydrogens (tertiary/aromatic N) is 4. The van der Waals surface area contributed by atoms with E-state index in [9.17, 15) is 22.8 Å². The minimum Gasteiger partial charge on any atom is -0.342 e. The van der Waals surface area contributed by atoms with Crippen LogP contribution in [0.5, 0.6) is 0 Å². The van der Waals surface area contributed by atoms with Crippen molar-refractivity contribution in [1.82, 2.24) is 19.9 Å². The molecule has 0 aromatic carbocycles. The van der Waals surface area contributed by atoms with Crippen molar-refractivity contribution in [2.45, 2.75) is 38.3 Å². The number of hydrogen-bond acceptors (Lipinski definition) is 5. The largest absolute Gasteiger partial charge is 0.406 e. The van der Waals surface area contributed by atoms with E-state index < -0.39 is 24.5 Å². The number of likely N-dealkylation sites (tertiary alicyclic amines) is 2. The molecule has 7 nitrogen and oxygen atoms in total. The molecule has 2 aliphatic rings. The molecule has 10 heteroatoms. The Balaban J connectivity index is 1.54. The fourth-order valence-corrected chi connectivity index (χ4v) is 3.39. The summed E-state index contributed by atoms with van der Waals surface area (Å²) in [5.41, 5.74) is 0. The maximum absolute atomic E-state index is 12.5. The van der Waals surface area contributed by atoms with E-state index in [0.29, 0.717) is 37.6 Å². The molecule has 0 N–H and O–H groups in total. The lowest BCUT2D eigenvalue weighted by molar-refractivity contribution is -0.157. The molecule has 1 aromatic rings. The van der Waals surface area contributed by atoms with E-state index in [1.807, 2.05) is 0 Å². The van der Waals surface area contributed by atoms with Gasteiger partial charge in [0.05, 0.1) is 5.92 Å². The maximum atomic E-state index is 12.5. The molecule has 2 aliphatic heterocycles. The van der Waals surface area contributed by atoms with Crippen LogP contribution in [0.25, 0.3) is 0 Å². The molecule has 2 amide bonds. The van der Waals surface area contributed by atoms with Crippen molar-refractivity contribution in [3.8, 4) is 0 Å². The van der Waals surface area contributed by atoms with Crippen LogP contribution in [0.3, 0.4) is 0 Å². The molecule has 0 bridgehead atoms. The average Bonchev–Trinajstić information content (AvgIpc) is 3.12. The number of carbonyl (C=O) groups is 2. The third-order valence-corrected chi connectivity index (χ3v) is 4.63. The topological polar surface area (TPSA) is 79.5 Å². The number of piperidine rings is 1. The van der Waals surface area contributed by atoms with Gasteiger partial charge in [0.15, 0.2) is 5.82 Å². The predicted molar refractivity (Wildman–Crippen MR) is 78.3 cm³/mol. The van der Waals surface area contributed by atoms with Gasteiger partial charge in [-0.15, -0.1) is 0 Å². The molecule has 138 valence electrons. The molecule has 1 aromatic heterocycles. The van der Waals surface area contributed by atoms with E-state index in [2.05, 4.69) is 10.1 Å². The molecule has 0 unspecified atom stereocenters. The Morgan fingerprint density at radius 2 is 2.00 bits per heavy atom. The molecule has 3 heterocycles. The van der Waals surface area contributed by atoms with Crippen LogP contribution < -0.4 is 0 Å².